The average molecular weight is 194 g/mol. The summed E-state index contributed by atoms with van der Waals surface area (Å²) in [6, 6.07) is 4.04. The number of nitrogens with zero attached hydrogens (tertiary/aromatic N) is 1. The molecule has 1 rings (SSSR count). The highest BCUT2D eigenvalue weighted by molar-refractivity contribution is 7.10. The molecule has 0 aromatic carbocycles. The Morgan fingerprint density at radius 3 is 3.08 bits per heavy atom. The predicted molar refractivity (Wildman–Crippen MR) is 57.7 cm³/mol. The van der Waals surface area contributed by atoms with E-state index in [0.717, 1.165) is 18.0 Å². The monoisotopic (exact) mass is 194 g/mol. The van der Waals surface area contributed by atoms with Gasteiger partial charge in [-0.3, -0.25) is 4.90 Å². The van der Waals surface area contributed by atoms with E-state index in [0.29, 0.717) is 6.54 Å². The van der Waals surface area contributed by atoms with E-state index in [2.05, 4.69) is 16.7 Å². The minimum atomic E-state index is 0.692. The first-order chi connectivity index (χ1) is 6.33. The summed E-state index contributed by atoms with van der Waals surface area (Å²) in [5.41, 5.74) is 5.41. The molecule has 0 saturated carbocycles. The molecule has 0 aliphatic heterocycles. The maximum absolute atomic E-state index is 5.41. The third-order valence-corrected chi connectivity index (χ3v) is 2.38. The highest BCUT2D eigenvalue weighted by Gasteiger charge is 1.91. The van der Waals surface area contributed by atoms with Crippen LogP contribution in [0, 0.1) is 11.8 Å². The van der Waals surface area contributed by atoms with Crippen LogP contribution in [0.15, 0.2) is 17.5 Å². The number of hydrogen-bond acceptors (Lipinski definition) is 3. The summed E-state index contributed by atoms with van der Waals surface area (Å²) < 4.78 is 0. The number of thiophene rings is 1. The van der Waals surface area contributed by atoms with Crippen molar-refractivity contribution in [1.29, 1.82) is 0 Å². The molecule has 0 aliphatic carbocycles. The normalized spacial score (nSPS) is 9.77. The smallest absolute Gasteiger partial charge is 0.0768 e. The standard InChI is InChI=1S/C10H14N2S/c1-12(8-6-11)7-2-4-10-5-3-9-13-10/h3,5,9H,6-8,11H2,1H3. The molecule has 0 amide bonds. The van der Waals surface area contributed by atoms with Crippen molar-refractivity contribution in [3.63, 3.8) is 0 Å². The van der Waals surface area contributed by atoms with Crippen LogP contribution in [0.3, 0.4) is 0 Å². The number of hydrogen-bond donors (Lipinski definition) is 1. The summed E-state index contributed by atoms with van der Waals surface area (Å²) in [7, 11) is 2.02. The summed E-state index contributed by atoms with van der Waals surface area (Å²) in [5.74, 6) is 6.20. The minimum Gasteiger partial charge on any atom is -0.329 e. The topological polar surface area (TPSA) is 29.3 Å². The minimum absolute atomic E-state index is 0.692. The van der Waals surface area contributed by atoms with Crippen molar-refractivity contribution in [3.05, 3.63) is 22.4 Å². The molecule has 0 bridgehead atoms. The van der Waals surface area contributed by atoms with E-state index in [1.165, 1.54) is 0 Å². The first-order valence-corrected chi connectivity index (χ1v) is 5.12. The van der Waals surface area contributed by atoms with E-state index in [4.69, 9.17) is 5.73 Å². The third kappa shape index (κ3) is 4.09. The molecule has 0 spiro atoms. The van der Waals surface area contributed by atoms with Crippen LogP contribution in [0.2, 0.25) is 0 Å². The zero-order valence-electron chi connectivity index (χ0n) is 7.79. The molecule has 1 aromatic rings. The van der Waals surface area contributed by atoms with Crippen molar-refractivity contribution in [1.82, 2.24) is 4.90 Å². The van der Waals surface area contributed by atoms with Crippen molar-refractivity contribution in [3.8, 4) is 11.8 Å². The summed E-state index contributed by atoms with van der Waals surface area (Å²) in [6.45, 7) is 2.38. The van der Waals surface area contributed by atoms with Crippen molar-refractivity contribution < 1.29 is 0 Å². The Morgan fingerprint density at radius 1 is 1.62 bits per heavy atom. The molecule has 0 fully saturated rings. The van der Waals surface area contributed by atoms with E-state index in [9.17, 15) is 0 Å². The van der Waals surface area contributed by atoms with Gasteiger partial charge in [0.05, 0.1) is 11.4 Å². The summed E-state index contributed by atoms with van der Waals surface area (Å²) in [6.07, 6.45) is 0. The Morgan fingerprint density at radius 2 is 2.46 bits per heavy atom. The molecule has 70 valence electrons. The molecular weight excluding hydrogens is 180 g/mol. The fourth-order valence-electron chi connectivity index (χ4n) is 0.911. The molecule has 2 N–H and O–H groups in total. The highest BCUT2D eigenvalue weighted by atomic mass is 32.1. The lowest BCUT2D eigenvalue weighted by molar-refractivity contribution is 0.386. The highest BCUT2D eigenvalue weighted by Crippen LogP contribution is 2.05. The molecule has 1 aromatic heterocycles. The van der Waals surface area contributed by atoms with E-state index < -0.39 is 0 Å². The zero-order valence-corrected chi connectivity index (χ0v) is 8.60. The van der Waals surface area contributed by atoms with Gasteiger partial charge in [-0.05, 0) is 18.5 Å². The van der Waals surface area contributed by atoms with Gasteiger partial charge in [0, 0.05) is 13.1 Å². The number of rotatable bonds is 3. The van der Waals surface area contributed by atoms with E-state index in [-0.39, 0.29) is 0 Å². The van der Waals surface area contributed by atoms with E-state index in [1.54, 1.807) is 11.3 Å². The zero-order chi connectivity index (χ0) is 9.52. The Hall–Kier alpha value is -0.820. The van der Waals surface area contributed by atoms with Gasteiger partial charge >= 0.3 is 0 Å². The molecule has 0 aliphatic rings. The van der Waals surface area contributed by atoms with E-state index >= 15 is 0 Å². The van der Waals surface area contributed by atoms with Gasteiger partial charge in [-0.2, -0.15) is 0 Å². The molecule has 0 atom stereocenters. The fourth-order valence-corrected chi connectivity index (χ4v) is 1.50. The van der Waals surface area contributed by atoms with Gasteiger partial charge < -0.3 is 5.73 Å². The molecule has 0 unspecified atom stereocenters. The fraction of sp³-hybridized carbons (Fsp3) is 0.400. The summed E-state index contributed by atoms with van der Waals surface area (Å²) in [4.78, 5) is 3.24. The number of nitrogens with two attached hydrogens (primary N) is 1. The molecule has 1 heterocycles. The van der Waals surface area contributed by atoms with Crippen LogP contribution in [0.25, 0.3) is 0 Å². The average Bonchev–Trinajstić information content (AvgIpc) is 2.57. The van der Waals surface area contributed by atoms with Crippen molar-refractivity contribution in [2.75, 3.05) is 26.7 Å². The Bertz CT molecular complexity index is 282. The van der Waals surface area contributed by atoms with Crippen molar-refractivity contribution in [2.24, 2.45) is 5.73 Å². The molecule has 2 nitrogen and oxygen atoms in total. The van der Waals surface area contributed by atoms with Gasteiger partial charge in [-0.15, -0.1) is 11.3 Å². The van der Waals surface area contributed by atoms with Crippen LogP contribution in [0.1, 0.15) is 4.88 Å². The second kappa shape index (κ2) is 5.76. The summed E-state index contributed by atoms with van der Waals surface area (Å²) in [5, 5.41) is 2.04. The van der Waals surface area contributed by atoms with Crippen molar-refractivity contribution in [2.45, 2.75) is 0 Å². The SMILES string of the molecule is CN(CC#Cc1cccs1)CCN. The van der Waals surface area contributed by atoms with E-state index in [1.807, 2.05) is 24.6 Å². The quantitative estimate of drug-likeness (QED) is 0.727. The van der Waals surface area contributed by atoms with Crippen LogP contribution in [-0.4, -0.2) is 31.6 Å². The van der Waals surface area contributed by atoms with Crippen molar-refractivity contribution >= 4 is 11.3 Å². The molecule has 0 radical (unpaired) electrons. The van der Waals surface area contributed by atoms with Crippen LogP contribution < -0.4 is 5.73 Å². The largest absolute Gasteiger partial charge is 0.329 e. The molecule has 3 heteroatoms. The maximum Gasteiger partial charge on any atom is 0.0768 e. The van der Waals surface area contributed by atoms with Gasteiger partial charge in [0.2, 0.25) is 0 Å². The number of likely N-dealkylation sites (N-methyl/N-ethyl adjacent to an activating group) is 1. The van der Waals surface area contributed by atoms with Gasteiger partial charge in [0.1, 0.15) is 0 Å². The summed E-state index contributed by atoms with van der Waals surface area (Å²) >= 11 is 1.67. The van der Waals surface area contributed by atoms with Crippen LogP contribution >= 0.6 is 11.3 Å². The van der Waals surface area contributed by atoms with Gasteiger partial charge in [0.15, 0.2) is 0 Å². The van der Waals surface area contributed by atoms with Gasteiger partial charge in [0.25, 0.3) is 0 Å². The molecule has 0 saturated heterocycles. The molecule has 13 heavy (non-hydrogen) atoms. The lowest BCUT2D eigenvalue weighted by Crippen LogP contribution is -2.25. The Balaban J connectivity index is 2.32. The Kier molecular flexibility index (Phi) is 4.55. The second-order valence-corrected chi connectivity index (χ2v) is 3.75. The first-order valence-electron chi connectivity index (χ1n) is 4.24. The van der Waals surface area contributed by atoms with Crippen LogP contribution in [-0.2, 0) is 0 Å². The maximum atomic E-state index is 5.41. The third-order valence-electron chi connectivity index (χ3n) is 1.59. The second-order valence-electron chi connectivity index (χ2n) is 2.81. The molecular formula is C10H14N2S. The van der Waals surface area contributed by atoms with Crippen LogP contribution in [0.5, 0.6) is 0 Å². The lowest BCUT2D eigenvalue weighted by atomic mass is 10.4. The van der Waals surface area contributed by atoms with Gasteiger partial charge in [-0.1, -0.05) is 17.9 Å². The first kappa shape index (κ1) is 10.3. The van der Waals surface area contributed by atoms with Gasteiger partial charge in [-0.25, -0.2) is 0 Å². The Labute approximate surface area is 83.4 Å². The van der Waals surface area contributed by atoms with Crippen LogP contribution in [0.4, 0.5) is 0 Å². The lowest BCUT2D eigenvalue weighted by Gasteiger charge is -2.09. The predicted octanol–water partition coefficient (Wildman–Crippen LogP) is 0.990.